The predicted octanol–water partition coefficient (Wildman–Crippen LogP) is 3.23. The van der Waals surface area contributed by atoms with Gasteiger partial charge in [-0.2, -0.15) is 5.10 Å². The summed E-state index contributed by atoms with van der Waals surface area (Å²) in [5.74, 6) is 1.34. The van der Waals surface area contributed by atoms with E-state index in [1.165, 1.54) is 0 Å². The van der Waals surface area contributed by atoms with Gasteiger partial charge < -0.3 is 4.74 Å². The van der Waals surface area contributed by atoms with E-state index in [-0.39, 0.29) is 0 Å². The molecule has 0 atom stereocenters. The summed E-state index contributed by atoms with van der Waals surface area (Å²) in [4.78, 5) is 8.63. The van der Waals surface area contributed by atoms with E-state index in [0.29, 0.717) is 11.6 Å². The van der Waals surface area contributed by atoms with Gasteiger partial charge in [-0.15, -0.1) is 0 Å². The summed E-state index contributed by atoms with van der Waals surface area (Å²) < 4.78 is 8.45. The van der Waals surface area contributed by atoms with Gasteiger partial charge in [-0.1, -0.05) is 0 Å². The molecule has 6 heteroatoms. The van der Waals surface area contributed by atoms with Crippen LogP contribution in [0.25, 0.3) is 11.0 Å². The molecule has 19 heavy (non-hydrogen) atoms. The van der Waals surface area contributed by atoms with Gasteiger partial charge in [0.1, 0.15) is 5.52 Å². The first-order valence-electron chi connectivity index (χ1n) is 5.72. The standard InChI is InChI=1S/C13H11BrN4O/c1-8-5-12(18(2)17-8)19-11-3-4-15-10-6-9(14)7-16-13(10)11/h3-7H,1-2H3. The highest BCUT2D eigenvalue weighted by molar-refractivity contribution is 9.10. The fourth-order valence-corrected chi connectivity index (χ4v) is 2.18. The van der Waals surface area contributed by atoms with Gasteiger partial charge in [0.25, 0.3) is 0 Å². The van der Waals surface area contributed by atoms with E-state index in [1.54, 1.807) is 23.1 Å². The number of aryl methyl sites for hydroxylation is 2. The third-order valence-electron chi connectivity index (χ3n) is 2.68. The lowest BCUT2D eigenvalue weighted by atomic mass is 10.3. The molecule has 0 spiro atoms. The summed E-state index contributed by atoms with van der Waals surface area (Å²) in [5.41, 5.74) is 2.42. The van der Waals surface area contributed by atoms with Crippen molar-refractivity contribution >= 4 is 27.0 Å². The predicted molar refractivity (Wildman–Crippen MR) is 75.3 cm³/mol. The van der Waals surface area contributed by atoms with E-state index in [0.717, 1.165) is 21.2 Å². The quantitative estimate of drug-likeness (QED) is 0.728. The Morgan fingerprint density at radius 3 is 2.84 bits per heavy atom. The maximum absolute atomic E-state index is 5.87. The first kappa shape index (κ1) is 12.1. The Kier molecular flexibility index (Phi) is 2.94. The zero-order valence-corrected chi connectivity index (χ0v) is 12.0. The molecule has 0 aliphatic heterocycles. The van der Waals surface area contributed by atoms with Gasteiger partial charge in [-0.05, 0) is 28.9 Å². The number of pyridine rings is 2. The van der Waals surface area contributed by atoms with Crippen molar-refractivity contribution in [3.05, 3.63) is 40.8 Å². The van der Waals surface area contributed by atoms with Crippen LogP contribution in [-0.2, 0) is 7.05 Å². The molecule has 0 amide bonds. The molecule has 5 nitrogen and oxygen atoms in total. The van der Waals surface area contributed by atoms with Gasteiger partial charge in [-0.3, -0.25) is 4.98 Å². The monoisotopic (exact) mass is 318 g/mol. The number of aromatic nitrogens is 4. The van der Waals surface area contributed by atoms with Crippen LogP contribution in [0.4, 0.5) is 0 Å². The molecule has 0 N–H and O–H groups in total. The molecule has 0 aromatic carbocycles. The van der Waals surface area contributed by atoms with Gasteiger partial charge in [0.15, 0.2) is 5.75 Å². The highest BCUT2D eigenvalue weighted by Gasteiger charge is 2.09. The Bertz CT molecular complexity index is 753. The van der Waals surface area contributed by atoms with E-state index < -0.39 is 0 Å². The molecule has 0 aliphatic carbocycles. The molecule has 0 saturated heterocycles. The zero-order chi connectivity index (χ0) is 13.4. The van der Waals surface area contributed by atoms with Crippen LogP contribution in [0.15, 0.2) is 35.1 Å². The Morgan fingerprint density at radius 1 is 1.26 bits per heavy atom. The number of nitrogens with zero attached hydrogens (tertiary/aromatic N) is 4. The molecule has 0 unspecified atom stereocenters. The molecule has 0 fully saturated rings. The summed E-state index contributed by atoms with van der Waals surface area (Å²) in [6.07, 6.45) is 3.43. The van der Waals surface area contributed by atoms with E-state index in [9.17, 15) is 0 Å². The lowest BCUT2D eigenvalue weighted by molar-refractivity contribution is 0.434. The van der Waals surface area contributed by atoms with Crippen LogP contribution < -0.4 is 4.74 Å². The fraction of sp³-hybridized carbons (Fsp3) is 0.154. The van der Waals surface area contributed by atoms with E-state index in [1.807, 2.05) is 26.1 Å². The van der Waals surface area contributed by atoms with Crippen LogP contribution in [0.3, 0.4) is 0 Å². The van der Waals surface area contributed by atoms with Crippen molar-refractivity contribution in [3.63, 3.8) is 0 Å². The second-order valence-electron chi connectivity index (χ2n) is 4.18. The molecular weight excluding hydrogens is 308 g/mol. The van der Waals surface area contributed by atoms with E-state index in [4.69, 9.17) is 4.74 Å². The van der Waals surface area contributed by atoms with Crippen LogP contribution in [0.1, 0.15) is 5.69 Å². The van der Waals surface area contributed by atoms with Crippen LogP contribution >= 0.6 is 15.9 Å². The van der Waals surface area contributed by atoms with Gasteiger partial charge in [0.2, 0.25) is 5.88 Å². The summed E-state index contributed by atoms with van der Waals surface area (Å²) in [5, 5.41) is 4.25. The van der Waals surface area contributed by atoms with Crippen LogP contribution in [0.2, 0.25) is 0 Å². The molecule has 3 rings (SSSR count). The highest BCUT2D eigenvalue weighted by Crippen LogP contribution is 2.28. The van der Waals surface area contributed by atoms with Gasteiger partial charge in [-0.25, -0.2) is 9.67 Å². The SMILES string of the molecule is Cc1cc(Oc2ccnc3cc(Br)cnc23)n(C)n1. The summed E-state index contributed by atoms with van der Waals surface area (Å²) in [7, 11) is 1.84. The number of halogens is 1. The van der Waals surface area contributed by atoms with Crippen molar-refractivity contribution in [1.82, 2.24) is 19.7 Å². The smallest absolute Gasteiger partial charge is 0.217 e. The third kappa shape index (κ3) is 2.31. The molecular formula is C13H11BrN4O. The number of hydrogen-bond donors (Lipinski definition) is 0. The first-order valence-corrected chi connectivity index (χ1v) is 6.51. The van der Waals surface area contributed by atoms with Crippen molar-refractivity contribution in [3.8, 4) is 11.6 Å². The normalized spacial score (nSPS) is 10.9. The van der Waals surface area contributed by atoms with Crippen LogP contribution in [0, 0.1) is 6.92 Å². The Labute approximate surface area is 118 Å². The summed E-state index contributed by atoms with van der Waals surface area (Å²) in [6, 6.07) is 5.58. The van der Waals surface area contributed by atoms with Crippen molar-refractivity contribution < 1.29 is 4.74 Å². The molecule has 3 heterocycles. The second-order valence-corrected chi connectivity index (χ2v) is 5.10. The Morgan fingerprint density at radius 2 is 2.11 bits per heavy atom. The van der Waals surface area contributed by atoms with Crippen LogP contribution in [-0.4, -0.2) is 19.7 Å². The molecule has 0 aliphatic rings. The number of rotatable bonds is 2. The average Bonchev–Trinajstić information content (AvgIpc) is 2.68. The zero-order valence-electron chi connectivity index (χ0n) is 10.5. The van der Waals surface area contributed by atoms with Crippen molar-refractivity contribution in [1.29, 1.82) is 0 Å². The Hall–Kier alpha value is -1.95. The van der Waals surface area contributed by atoms with Crippen molar-refractivity contribution in [2.24, 2.45) is 7.05 Å². The lowest BCUT2D eigenvalue weighted by Gasteiger charge is -2.07. The second kappa shape index (κ2) is 4.62. The van der Waals surface area contributed by atoms with Gasteiger partial charge in [0.05, 0.1) is 11.2 Å². The minimum absolute atomic E-state index is 0.667. The molecule has 3 aromatic heterocycles. The largest absolute Gasteiger partial charge is 0.437 e. The van der Waals surface area contributed by atoms with Crippen molar-refractivity contribution in [2.75, 3.05) is 0 Å². The number of hydrogen-bond acceptors (Lipinski definition) is 4. The van der Waals surface area contributed by atoms with E-state index >= 15 is 0 Å². The molecule has 3 aromatic rings. The minimum Gasteiger partial charge on any atom is -0.437 e. The van der Waals surface area contributed by atoms with E-state index in [2.05, 4.69) is 31.0 Å². The maximum atomic E-state index is 5.87. The summed E-state index contributed by atoms with van der Waals surface area (Å²) in [6.45, 7) is 1.92. The minimum atomic E-state index is 0.667. The first-order chi connectivity index (χ1) is 9.13. The molecule has 0 radical (unpaired) electrons. The Balaban J connectivity index is 2.08. The molecule has 96 valence electrons. The third-order valence-corrected chi connectivity index (χ3v) is 3.11. The number of ether oxygens (including phenoxy) is 1. The van der Waals surface area contributed by atoms with Crippen molar-refractivity contribution in [2.45, 2.75) is 6.92 Å². The molecule has 0 saturated carbocycles. The topological polar surface area (TPSA) is 52.8 Å². The maximum Gasteiger partial charge on any atom is 0.217 e. The highest BCUT2D eigenvalue weighted by atomic mass is 79.9. The van der Waals surface area contributed by atoms with Gasteiger partial charge in [0, 0.05) is 36.0 Å². The lowest BCUT2D eigenvalue weighted by Crippen LogP contribution is -1.96. The fourth-order valence-electron chi connectivity index (χ4n) is 1.86. The number of fused-ring (bicyclic) bond motifs is 1. The van der Waals surface area contributed by atoms with Crippen LogP contribution in [0.5, 0.6) is 11.6 Å². The van der Waals surface area contributed by atoms with Gasteiger partial charge >= 0.3 is 0 Å². The average molecular weight is 319 g/mol. The molecule has 0 bridgehead atoms. The summed E-state index contributed by atoms with van der Waals surface area (Å²) >= 11 is 3.38.